The van der Waals surface area contributed by atoms with Crippen LogP contribution in [0.1, 0.15) is 31.9 Å². The normalized spacial score (nSPS) is 13.7. The summed E-state index contributed by atoms with van der Waals surface area (Å²) >= 11 is 18.4. The highest BCUT2D eigenvalue weighted by molar-refractivity contribution is 7.88. The predicted molar refractivity (Wildman–Crippen MR) is 141 cm³/mol. The number of ether oxygens (including phenoxy) is 3. The fraction of sp³-hybridized carbons (Fsp3) is 0.458. The molecule has 200 valence electrons. The lowest BCUT2D eigenvalue weighted by Crippen LogP contribution is -2.37. The Bertz CT molecular complexity index is 1120. The molecule has 0 spiro atoms. The van der Waals surface area contributed by atoms with Crippen molar-refractivity contribution in [3.63, 3.8) is 0 Å². The molecule has 2 N–H and O–H groups in total. The lowest BCUT2D eigenvalue weighted by Gasteiger charge is -2.27. The average molecular weight is 583 g/mol. The van der Waals surface area contributed by atoms with Crippen LogP contribution in [0.25, 0.3) is 0 Å². The van der Waals surface area contributed by atoms with Gasteiger partial charge in [-0.15, -0.1) is 11.6 Å². The van der Waals surface area contributed by atoms with Crippen molar-refractivity contribution >= 4 is 50.8 Å². The largest absolute Gasteiger partial charge is 0.490 e. The summed E-state index contributed by atoms with van der Waals surface area (Å²) in [5.74, 6) is 0.282. The zero-order chi connectivity index (χ0) is 27.1. The predicted octanol–water partition coefficient (Wildman–Crippen LogP) is 4.16. The van der Waals surface area contributed by atoms with E-state index in [9.17, 15) is 18.3 Å². The third-order valence-electron chi connectivity index (χ3n) is 5.24. The van der Waals surface area contributed by atoms with Crippen LogP contribution in [0.4, 0.5) is 0 Å². The van der Waals surface area contributed by atoms with Crippen molar-refractivity contribution in [3.8, 4) is 11.5 Å². The summed E-state index contributed by atoms with van der Waals surface area (Å²) in [5, 5.41) is 10.2. The van der Waals surface area contributed by atoms with Crippen molar-refractivity contribution in [1.29, 1.82) is 0 Å². The number of benzene rings is 2. The van der Waals surface area contributed by atoms with Crippen molar-refractivity contribution in [2.75, 3.05) is 31.9 Å². The number of esters is 1. The molecule has 8 nitrogen and oxygen atoms in total. The number of aliphatic hydroxyl groups is 1. The molecule has 2 aromatic rings. The van der Waals surface area contributed by atoms with E-state index in [2.05, 4.69) is 4.72 Å². The van der Waals surface area contributed by atoms with Crippen LogP contribution in [0.3, 0.4) is 0 Å². The van der Waals surface area contributed by atoms with Crippen molar-refractivity contribution < 1.29 is 32.5 Å². The Labute approximate surface area is 226 Å². The van der Waals surface area contributed by atoms with Crippen molar-refractivity contribution in [3.05, 3.63) is 57.6 Å². The Morgan fingerprint density at radius 1 is 1.06 bits per heavy atom. The highest BCUT2D eigenvalue weighted by Crippen LogP contribution is 2.40. The van der Waals surface area contributed by atoms with E-state index in [1.165, 1.54) is 6.92 Å². The van der Waals surface area contributed by atoms with Crippen LogP contribution >= 0.6 is 34.8 Å². The molecule has 2 unspecified atom stereocenters. The van der Waals surface area contributed by atoms with Crippen LogP contribution in [0.2, 0.25) is 10.0 Å². The fourth-order valence-corrected chi connectivity index (χ4v) is 4.39. The fourth-order valence-electron chi connectivity index (χ4n) is 3.22. The van der Waals surface area contributed by atoms with Gasteiger partial charge in [0.05, 0.1) is 28.7 Å². The van der Waals surface area contributed by atoms with Gasteiger partial charge in [0.2, 0.25) is 10.0 Å². The monoisotopic (exact) mass is 581 g/mol. The minimum atomic E-state index is -3.44. The minimum absolute atomic E-state index is 0.0298. The van der Waals surface area contributed by atoms with E-state index in [0.29, 0.717) is 15.8 Å². The molecule has 0 saturated heterocycles. The Morgan fingerprint density at radius 2 is 1.64 bits per heavy atom. The van der Waals surface area contributed by atoms with Crippen LogP contribution in [0, 0.1) is 0 Å². The van der Waals surface area contributed by atoms with E-state index in [1.807, 2.05) is 26.0 Å². The SMILES string of the molecule is CC(=O)OC(CNS(C)(=O)=O)COc1ccc(C(C)(C)c2cc(Cl)c(OCC(O)CCl)c(Cl)c2)cc1. The molecule has 0 heterocycles. The van der Waals surface area contributed by atoms with Gasteiger partial charge in [-0.25, -0.2) is 13.1 Å². The third kappa shape index (κ3) is 9.28. The maximum Gasteiger partial charge on any atom is 0.303 e. The maximum absolute atomic E-state index is 11.3. The first-order valence-corrected chi connectivity index (χ1v) is 14.1. The number of halogens is 3. The van der Waals surface area contributed by atoms with Crippen molar-refractivity contribution in [1.82, 2.24) is 4.72 Å². The Balaban J connectivity index is 2.13. The number of sulfonamides is 1. The molecule has 0 saturated carbocycles. The summed E-state index contributed by atoms with van der Waals surface area (Å²) in [7, 11) is -3.44. The number of alkyl halides is 1. The van der Waals surface area contributed by atoms with Crippen LogP contribution in [0.5, 0.6) is 11.5 Å². The molecular formula is C24H30Cl3NO7S. The summed E-state index contributed by atoms with van der Waals surface area (Å²) in [6, 6.07) is 10.8. The second-order valence-corrected chi connectivity index (χ2v) is 11.7. The summed E-state index contributed by atoms with van der Waals surface area (Å²) in [6.07, 6.45) is -0.605. The molecule has 12 heteroatoms. The van der Waals surface area contributed by atoms with Gasteiger partial charge in [0.25, 0.3) is 0 Å². The van der Waals surface area contributed by atoms with E-state index >= 15 is 0 Å². The van der Waals surface area contributed by atoms with Gasteiger partial charge in [-0.3, -0.25) is 4.79 Å². The second kappa shape index (κ2) is 13.2. The van der Waals surface area contributed by atoms with Crippen LogP contribution in [0.15, 0.2) is 36.4 Å². The molecular weight excluding hydrogens is 553 g/mol. The Kier molecular flexibility index (Phi) is 11.1. The van der Waals surface area contributed by atoms with Gasteiger partial charge >= 0.3 is 5.97 Å². The van der Waals surface area contributed by atoms with E-state index < -0.39 is 33.6 Å². The molecule has 2 aromatic carbocycles. The number of aliphatic hydroxyl groups excluding tert-OH is 1. The quantitative estimate of drug-likeness (QED) is 0.270. The van der Waals surface area contributed by atoms with Gasteiger partial charge in [0, 0.05) is 12.3 Å². The number of hydrogen-bond acceptors (Lipinski definition) is 7. The minimum Gasteiger partial charge on any atom is -0.490 e. The molecule has 0 radical (unpaired) electrons. The third-order valence-corrected chi connectivity index (χ3v) is 6.84. The maximum atomic E-state index is 11.3. The van der Waals surface area contributed by atoms with Gasteiger partial charge in [-0.1, -0.05) is 49.2 Å². The molecule has 0 aromatic heterocycles. The van der Waals surface area contributed by atoms with E-state index in [4.69, 9.17) is 49.0 Å². The zero-order valence-electron chi connectivity index (χ0n) is 20.4. The first kappa shape index (κ1) is 30.5. The highest BCUT2D eigenvalue weighted by Gasteiger charge is 2.26. The molecule has 0 bridgehead atoms. The van der Waals surface area contributed by atoms with E-state index in [0.717, 1.165) is 17.4 Å². The molecule has 0 amide bonds. The molecule has 0 aliphatic heterocycles. The first-order valence-electron chi connectivity index (χ1n) is 10.9. The second-order valence-electron chi connectivity index (χ2n) is 8.70. The van der Waals surface area contributed by atoms with Crippen LogP contribution in [-0.4, -0.2) is 63.6 Å². The van der Waals surface area contributed by atoms with Gasteiger partial charge in [-0.05, 0) is 35.4 Å². The lowest BCUT2D eigenvalue weighted by molar-refractivity contribution is -0.147. The summed E-state index contributed by atoms with van der Waals surface area (Å²) < 4.78 is 41.4. The number of carbonyl (C=O) groups is 1. The molecule has 36 heavy (non-hydrogen) atoms. The van der Waals surface area contributed by atoms with Crippen LogP contribution in [-0.2, 0) is 25.0 Å². The Hall–Kier alpha value is -1.75. The van der Waals surface area contributed by atoms with Gasteiger partial charge in [0.15, 0.2) is 5.75 Å². The number of hydrogen-bond donors (Lipinski definition) is 2. The molecule has 0 aliphatic carbocycles. The molecule has 2 rings (SSSR count). The summed E-state index contributed by atoms with van der Waals surface area (Å²) in [4.78, 5) is 11.3. The van der Waals surface area contributed by atoms with E-state index in [1.54, 1.807) is 24.3 Å². The zero-order valence-corrected chi connectivity index (χ0v) is 23.5. The number of rotatable bonds is 13. The van der Waals surface area contributed by atoms with Gasteiger partial charge in [-0.2, -0.15) is 0 Å². The highest BCUT2D eigenvalue weighted by atomic mass is 35.5. The Morgan fingerprint density at radius 3 is 2.14 bits per heavy atom. The number of nitrogens with one attached hydrogen (secondary N) is 1. The van der Waals surface area contributed by atoms with Crippen LogP contribution < -0.4 is 14.2 Å². The standard InChI is InChI=1S/C24H30Cl3NO7S/c1-15(29)35-20(12-28-36(4,31)32)14-33-19-7-5-16(6-8-19)24(2,3)17-9-21(26)23(22(27)10-17)34-13-18(30)11-25/h5-10,18,20,28,30H,11-14H2,1-4H3. The van der Waals surface area contributed by atoms with Crippen molar-refractivity contribution in [2.24, 2.45) is 0 Å². The summed E-state index contributed by atoms with van der Waals surface area (Å²) in [5.41, 5.74) is 1.31. The molecule has 0 aliphatic rings. The molecule has 2 atom stereocenters. The average Bonchev–Trinajstić information content (AvgIpc) is 2.79. The smallest absolute Gasteiger partial charge is 0.303 e. The van der Waals surface area contributed by atoms with Gasteiger partial charge in [0.1, 0.15) is 31.2 Å². The first-order chi connectivity index (χ1) is 16.7. The topological polar surface area (TPSA) is 111 Å². The van der Waals surface area contributed by atoms with E-state index in [-0.39, 0.29) is 31.4 Å². The van der Waals surface area contributed by atoms with Gasteiger partial charge < -0.3 is 19.3 Å². The summed E-state index contributed by atoms with van der Waals surface area (Å²) in [6.45, 7) is 5.10. The molecule has 0 fully saturated rings. The lowest BCUT2D eigenvalue weighted by atomic mass is 9.78. The van der Waals surface area contributed by atoms with Crippen molar-refractivity contribution in [2.45, 2.75) is 38.4 Å². The number of carbonyl (C=O) groups excluding carboxylic acids is 1.